The lowest BCUT2D eigenvalue weighted by Gasteiger charge is -2.34. The maximum Gasteiger partial charge on any atom is 0.170 e. The van der Waals surface area contributed by atoms with Crippen LogP contribution in [0.5, 0.6) is 0 Å². The molecule has 0 radical (unpaired) electrons. The monoisotopic (exact) mass is 1040 g/mol. The minimum atomic E-state index is -0.583. The first kappa shape index (κ1) is 49.7. The van der Waals surface area contributed by atoms with Crippen LogP contribution in [-0.4, -0.2) is 24.7 Å². The molecular formula is C76H61N5. The lowest BCUT2D eigenvalue weighted by atomic mass is 9.67. The van der Waals surface area contributed by atoms with E-state index in [9.17, 15) is 0 Å². The lowest BCUT2D eigenvalue weighted by molar-refractivity contribution is 0.646. The van der Waals surface area contributed by atoms with Gasteiger partial charge in [0.15, 0.2) is 17.5 Å². The fourth-order valence-corrected chi connectivity index (χ4v) is 13.6. The van der Waals surface area contributed by atoms with Gasteiger partial charge in [0.1, 0.15) is 0 Å². The molecule has 2 aliphatic carbocycles. The van der Waals surface area contributed by atoms with Crippen LogP contribution >= 0.6 is 0 Å². The van der Waals surface area contributed by atoms with Gasteiger partial charge in [0.05, 0.1) is 17.0 Å². The molecule has 0 saturated carbocycles. The van der Waals surface area contributed by atoms with E-state index >= 15 is 0 Å². The van der Waals surface area contributed by atoms with Crippen molar-refractivity contribution >= 4 is 0 Å². The normalized spacial score (nSPS) is 13.5. The molecule has 2 heterocycles. The van der Waals surface area contributed by atoms with Crippen LogP contribution in [0.3, 0.4) is 0 Å². The zero-order valence-electron chi connectivity index (χ0n) is 46.1. The van der Waals surface area contributed by atoms with Crippen LogP contribution < -0.4 is 0 Å². The van der Waals surface area contributed by atoms with Gasteiger partial charge in [-0.05, 0) is 155 Å². The number of rotatable bonds is 13. The predicted octanol–water partition coefficient (Wildman–Crippen LogP) is 17.8. The molecule has 0 amide bonds. The van der Waals surface area contributed by atoms with Crippen molar-refractivity contribution in [3.63, 3.8) is 0 Å². The van der Waals surface area contributed by atoms with Gasteiger partial charge < -0.3 is 0 Å². The molecule has 5 heteroatoms. The number of benzene rings is 10. The average molecular weight is 1040 g/mol. The fraction of sp³-hybridized carbons (Fsp3) is 0.132. The Balaban J connectivity index is 1.01. The number of aromatic nitrogens is 5. The van der Waals surface area contributed by atoms with Crippen molar-refractivity contribution < 1.29 is 0 Å². The summed E-state index contributed by atoms with van der Waals surface area (Å²) in [7, 11) is 0. The van der Waals surface area contributed by atoms with Crippen molar-refractivity contribution in [3.05, 3.63) is 317 Å². The molecule has 0 N–H and O–H groups in total. The Hall–Kier alpha value is -9.58. The Morgan fingerprint density at radius 1 is 0.346 bits per heavy atom. The van der Waals surface area contributed by atoms with Gasteiger partial charge >= 0.3 is 0 Å². The van der Waals surface area contributed by atoms with Gasteiger partial charge in [-0.1, -0.05) is 240 Å². The summed E-state index contributed by atoms with van der Waals surface area (Å²) in [4.78, 5) is 9.43. The van der Waals surface area contributed by atoms with E-state index in [-0.39, 0.29) is 0 Å². The minimum Gasteiger partial charge on any atom is -0.259 e. The molecular weight excluding hydrogens is 983 g/mol. The SMILES string of the molecule is CC(C)Cc1ccc(C2(c3cccc(-c4cc(-c5cccc(C6(c7ccc(CC(C)C)cc7)c7ccccc7-c7ccccc76)c5)cc(-c5nnc(-c6ccccc6)n5-c5cnccn5)c4)c3)c3ccccc3-c3ccccc32)cc1. The topological polar surface area (TPSA) is 56.5 Å². The van der Waals surface area contributed by atoms with Gasteiger partial charge in [-0.25, -0.2) is 4.98 Å². The van der Waals surface area contributed by atoms with Crippen LogP contribution in [0.1, 0.15) is 83.3 Å². The molecule has 12 aromatic rings. The van der Waals surface area contributed by atoms with E-state index in [1.165, 1.54) is 77.9 Å². The second-order valence-electron chi connectivity index (χ2n) is 22.8. The van der Waals surface area contributed by atoms with E-state index in [2.05, 4.69) is 257 Å². The molecule has 0 saturated heterocycles. The van der Waals surface area contributed by atoms with Crippen molar-refractivity contribution in [2.45, 2.75) is 51.4 Å². The summed E-state index contributed by atoms with van der Waals surface area (Å²) in [5.74, 6) is 3.09. The Morgan fingerprint density at radius 2 is 0.741 bits per heavy atom. The number of nitrogens with zero attached hydrogens (tertiary/aromatic N) is 5. The van der Waals surface area contributed by atoms with Gasteiger partial charge in [0.25, 0.3) is 0 Å². The summed E-state index contributed by atoms with van der Waals surface area (Å²) >= 11 is 0. The van der Waals surface area contributed by atoms with Gasteiger partial charge in [0, 0.05) is 23.5 Å². The first-order chi connectivity index (χ1) is 39.8. The molecule has 2 aromatic heterocycles. The zero-order valence-corrected chi connectivity index (χ0v) is 46.1. The summed E-state index contributed by atoms with van der Waals surface area (Å²) < 4.78 is 2.05. The summed E-state index contributed by atoms with van der Waals surface area (Å²) in [5.41, 5.74) is 22.8. The van der Waals surface area contributed by atoms with Crippen molar-refractivity contribution in [2.75, 3.05) is 0 Å². The van der Waals surface area contributed by atoms with Crippen molar-refractivity contribution in [3.8, 4) is 73.1 Å². The highest BCUT2D eigenvalue weighted by Crippen LogP contribution is 2.58. The van der Waals surface area contributed by atoms with Gasteiger partial charge in [-0.2, -0.15) is 0 Å². The number of hydrogen-bond donors (Lipinski definition) is 0. The first-order valence-electron chi connectivity index (χ1n) is 28.5. The minimum absolute atomic E-state index is 0.556. The van der Waals surface area contributed by atoms with Gasteiger partial charge in [-0.3, -0.25) is 9.55 Å². The average Bonchev–Trinajstić information content (AvgIpc) is 3.44. The lowest BCUT2D eigenvalue weighted by Crippen LogP contribution is -2.28. The number of fused-ring (bicyclic) bond motifs is 6. The maximum absolute atomic E-state index is 5.07. The third-order valence-electron chi connectivity index (χ3n) is 16.9. The molecule has 10 aromatic carbocycles. The molecule has 14 rings (SSSR count). The van der Waals surface area contributed by atoms with Crippen LogP contribution in [0.15, 0.2) is 261 Å². The van der Waals surface area contributed by atoms with E-state index in [0.29, 0.717) is 29.3 Å². The van der Waals surface area contributed by atoms with Crippen molar-refractivity contribution in [1.82, 2.24) is 24.7 Å². The summed E-state index contributed by atoms with van der Waals surface area (Å²) in [5, 5.41) is 10.0. The highest BCUT2D eigenvalue weighted by atomic mass is 15.3. The van der Waals surface area contributed by atoms with Crippen molar-refractivity contribution in [2.24, 2.45) is 11.8 Å². The Bertz CT molecular complexity index is 3980. The Morgan fingerprint density at radius 3 is 1.16 bits per heavy atom. The molecule has 81 heavy (non-hydrogen) atoms. The molecule has 0 bridgehead atoms. The van der Waals surface area contributed by atoms with Crippen LogP contribution in [0.4, 0.5) is 0 Å². The maximum atomic E-state index is 5.07. The smallest absolute Gasteiger partial charge is 0.170 e. The second-order valence-corrected chi connectivity index (χ2v) is 22.8. The predicted molar refractivity (Wildman–Crippen MR) is 330 cm³/mol. The van der Waals surface area contributed by atoms with E-state index in [1.54, 1.807) is 18.6 Å². The quantitative estimate of drug-likeness (QED) is 0.115. The van der Waals surface area contributed by atoms with Crippen LogP contribution in [0.2, 0.25) is 0 Å². The number of hydrogen-bond acceptors (Lipinski definition) is 4. The second kappa shape index (κ2) is 20.3. The standard InChI is InChI=1S/C76H61N5/c1-50(2)42-52-32-36-60(37-33-52)75(68-28-12-8-24-64(68)65-25-9-13-29-69(65)75)62-22-16-20-55(47-62)57-44-58(46-59(45-57)74-80-79-73(54-18-6-5-7-19-54)81(74)72-49-77-40-41-78-72)56-21-17-23-63(48-56)76(61-38-34-53(35-39-61)43-51(3)4)70-30-14-10-26-66(70)67-27-11-15-31-71(67)76/h5-41,44-51H,42-43H2,1-4H3. The molecule has 5 nitrogen and oxygen atoms in total. The summed E-state index contributed by atoms with van der Waals surface area (Å²) in [6.45, 7) is 9.17. The van der Waals surface area contributed by atoms with Crippen molar-refractivity contribution in [1.29, 1.82) is 0 Å². The molecule has 0 unspecified atom stereocenters. The zero-order chi connectivity index (χ0) is 54.7. The van der Waals surface area contributed by atoms with E-state index in [4.69, 9.17) is 15.2 Å². The van der Waals surface area contributed by atoms with E-state index in [0.717, 1.165) is 46.2 Å². The van der Waals surface area contributed by atoms with Gasteiger partial charge in [0.2, 0.25) is 0 Å². The van der Waals surface area contributed by atoms with Gasteiger partial charge in [-0.15, -0.1) is 10.2 Å². The van der Waals surface area contributed by atoms with Crippen LogP contribution in [0.25, 0.3) is 73.1 Å². The largest absolute Gasteiger partial charge is 0.259 e. The molecule has 2 aliphatic rings. The Kier molecular flexibility index (Phi) is 12.4. The molecule has 390 valence electrons. The third kappa shape index (κ3) is 8.29. The van der Waals surface area contributed by atoms with Crippen LogP contribution in [0, 0.1) is 11.8 Å². The molecule has 0 atom stereocenters. The summed E-state index contributed by atoms with van der Waals surface area (Å²) in [6, 6.07) is 90.7. The fourth-order valence-electron chi connectivity index (χ4n) is 13.6. The van der Waals surface area contributed by atoms with Crippen LogP contribution in [-0.2, 0) is 23.7 Å². The molecule has 0 aliphatic heterocycles. The molecule has 0 fully saturated rings. The van der Waals surface area contributed by atoms with E-state index in [1.807, 2.05) is 22.8 Å². The Labute approximate surface area is 475 Å². The highest BCUT2D eigenvalue weighted by molar-refractivity contribution is 5.89. The summed E-state index contributed by atoms with van der Waals surface area (Å²) in [6.07, 6.45) is 7.28. The molecule has 0 spiro atoms. The highest BCUT2D eigenvalue weighted by Gasteiger charge is 2.47. The third-order valence-corrected chi connectivity index (χ3v) is 16.9. The van der Waals surface area contributed by atoms with E-state index < -0.39 is 10.8 Å². The first-order valence-corrected chi connectivity index (χ1v) is 28.5.